The lowest BCUT2D eigenvalue weighted by Crippen LogP contribution is -2.31. The van der Waals surface area contributed by atoms with E-state index >= 15 is 0 Å². The topological polar surface area (TPSA) is 74.5 Å². The minimum Gasteiger partial charge on any atom is -0.467 e. The lowest BCUT2D eigenvalue weighted by atomic mass is 10.1. The van der Waals surface area contributed by atoms with Crippen LogP contribution in [0.25, 0.3) is 0 Å². The fourth-order valence-electron chi connectivity index (χ4n) is 1.95. The van der Waals surface area contributed by atoms with E-state index in [1.54, 1.807) is 12.1 Å². The van der Waals surface area contributed by atoms with Gasteiger partial charge in [0.25, 0.3) is 0 Å². The van der Waals surface area contributed by atoms with Crippen LogP contribution in [-0.4, -0.2) is 17.7 Å². The summed E-state index contributed by atoms with van der Waals surface area (Å²) in [6.45, 7) is 0.0713. The molecular weight excluding hydrogens is 313 g/mol. The molecule has 0 fully saturated rings. The molecule has 0 saturated heterocycles. The lowest BCUT2D eigenvalue weighted by Gasteiger charge is -2.14. The number of benzene rings is 1. The zero-order valence-corrected chi connectivity index (χ0v) is 11.9. The standard InChI is InChI=1S/C15H15F3N2O3/c16-15(17,18)10-4-1-2-5-11(10)20-14(22)19-8-7-12(21)13-6-3-9-23-13/h1-6,9,12,21H,7-8H2,(H2,19,20,22). The largest absolute Gasteiger partial charge is 0.467 e. The Kier molecular flexibility index (Phi) is 5.28. The van der Waals surface area contributed by atoms with Gasteiger partial charge in [0.15, 0.2) is 0 Å². The van der Waals surface area contributed by atoms with Gasteiger partial charge >= 0.3 is 12.2 Å². The van der Waals surface area contributed by atoms with E-state index in [0.29, 0.717) is 5.76 Å². The number of aliphatic hydroxyl groups is 1. The summed E-state index contributed by atoms with van der Waals surface area (Å²) >= 11 is 0. The van der Waals surface area contributed by atoms with Crippen LogP contribution in [0.2, 0.25) is 0 Å². The number of furan rings is 1. The molecular formula is C15H15F3N2O3. The summed E-state index contributed by atoms with van der Waals surface area (Å²) in [6.07, 6.45) is -3.87. The number of carbonyl (C=O) groups is 1. The molecule has 2 amide bonds. The molecule has 3 N–H and O–H groups in total. The number of hydrogen-bond acceptors (Lipinski definition) is 3. The van der Waals surface area contributed by atoms with E-state index in [-0.39, 0.29) is 18.7 Å². The predicted molar refractivity (Wildman–Crippen MR) is 76.8 cm³/mol. The highest BCUT2D eigenvalue weighted by molar-refractivity contribution is 5.90. The molecule has 1 aromatic carbocycles. The molecule has 1 heterocycles. The molecule has 2 aromatic rings. The van der Waals surface area contributed by atoms with E-state index in [0.717, 1.165) is 6.07 Å². The summed E-state index contributed by atoms with van der Waals surface area (Å²) < 4.78 is 43.4. The van der Waals surface area contributed by atoms with Gasteiger partial charge < -0.3 is 20.2 Å². The van der Waals surface area contributed by atoms with Crippen LogP contribution in [-0.2, 0) is 6.18 Å². The van der Waals surface area contributed by atoms with Gasteiger partial charge in [-0.05, 0) is 30.7 Å². The summed E-state index contributed by atoms with van der Waals surface area (Å²) in [4.78, 5) is 11.7. The molecule has 0 aliphatic rings. The second-order valence-electron chi connectivity index (χ2n) is 4.74. The maximum atomic E-state index is 12.8. The Morgan fingerprint density at radius 2 is 1.96 bits per heavy atom. The molecule has 1 unspecified atom stereocenters. The summed E-state index contributed by atoms with van der Waals surface area (Å²) in [5.74, 6) is 0.356. The van der Waals surface area contributed by atoms with Crippen molar-refractivity contribution in [2.75, 3.05) is 11.9 Å². The first-order chi connectivity index (χ1) is 10.9. The fraction of sp³-hybridized carbons (Fsp3) is 0.267. The SMILES string of the molecule is O=C(NCCC(O)c1ccco1)Nc1ccccc1C(F)(F)F. The van der Waals surface area contributed by atoms with Gasteiger partial charge in [0.05, 0.1) is 17.5 Å². The average Bonchev–Trinajstić information content (AvgIpc) is 3.01. The van der Waals surface area contributed by atoms with Crippen LogP contribution in [0.15, 0.2) is 47.1 Å². The van der Waals surface area contributed by atoms with Gasteiger partial charge in [-0.15, -0.1) is 0 Å². The van der Waals surface area contributed by atoms with Gasteiger partial charge in [-0.1, -0.05) is 12.1 Å². The minimum atomic E-state index is -4.56. The van der Waals surface area contributed by atoms with Crippen molar-refractivity contribution in [1.29, 1.82) is 0 Å². The number of hydrogen-bond donors (Lipinski definition) is 3. The number of rotatable bonds is 5. The Bertz CT molecular complexity index is 642. The predicted octanol–water partition coefficient (Wildman–Crippen LogP) is 3.54. The zero-order chi connectivity index (χ0) is 16.9. The van der Waals surface area contributed by atoms with Crippen molar-refractivity contribution in [2.24, 2.45) is 0 Å². The van der Waals surface area contributed by atoms with Crippen molar-refractivity contribution in [3.63, 3.8) is 0 Å². The Morgan fingerprint density at radius 3 is 2.61 bits per heavy atom. The van der Waals surface area contributed by atoms with Crippen molar-refractivity contribution in [3.05, 3.63) is 54.0 Å². The number of alkyl halides is 3. The van der Waals surface area contributed by atoms with Crippen LogP contribution < -0.4 is 10.6 Å². The Morgan fingerprint density at radius 1 is 1.22 bits per heavy atom. The molecule has 5 nitrogen and oxygen atoms in total. The van der Waals surface area contributed by atoms with Crippen LogP contribution >= 0.6 is 0 Å². The van der Waals surface area contributed by atoms with Gasteiger partial charge in [0.1, 0.15) is 11.9 Å². The van der Waals surface area contributed by atoms with Crippen LogP contribution in [0.3, 0.4) is 0 Å². The highest BCUT2D eigenvalue weighted by atomic mass is 19.4. The molecule has 0 aliphatic heterocycles. The Labute approximate surface area is 130 Å². The molecule has 8 heteroatoms. The molecule has 0 aliphatic carbocycles. The van der Waals surface area contributed by atoms with Gasteiger partial charge in [0, 0.05) is 6.54 Å². The van der Waals surface area contributed by atoms with E-state index < -0.39 is 23.9 Å². The first-order valence-corrected chi connectivity index (χ1v) is 6.80. The van der Waals surface area contributed by atoms with Crippen molar-refractivity contribution >= 4 is 11.7 Å². The molecule has 0 saturated carbocycles. The number of para-hydroxylation sites is 1. The van der Waals surface area contributed by atoms with E-state index in [1.807, 2.05) is 0 Å². The first kappa shape index (κ1) is 16.9. The molecule has 0 bridgehead atoms. The zero-order valence-electron chi connectivity index (χ0n) is 11.9. The van der Waals surface area contributed by atoms with E-state index in [4.69, 9.17) is 4.42 Å². The third kappa shape index (κ3) is 4.75. The van der Waals surface area contributed by atoms with Crippen molar-refractivity contribution in [2.45, 2.75) is 18.7 Å². The quantitative estimate of drug-likeness (QED) is 0.786. The molecule has 1 aromatic heterocycles. The molecule has 124 valence electrons. The molecule has 2 rings (SSSR count). The van der Waals surface area contributed by atoms with Crippen LogP contribution in [0.5, 0.6) is 0 Å². The first-order valence-electron chi connectivity index (χ1n) is 6.80. The number of carbonyl (C=O) groups excluding carboxylic acids is 1. The molecule has 0 radical (unpaired) electrons. The maximum Gasteiger partial charge on any atom is 0.418 e. The van der Waals surface area contributed by atoms with Gasteiger partial charge in [-0.3, -0.25) is 0 Å². The van der Waals surface area contributed by atoms with Gasteiger partial charge in [0.2, 0.25) is 0 Å². The molecule has 0 spiro atoms. The van der Waals surface area contributed by atoms with Crippen LogP contribution in [0, 0.1) is 0 Å². The summed E-state index contributed by atoms with van der Waals surface area (Å²) in [6, 6.07) is 7.11. The number of urea groups is 1. The highest BCUT2D eigenvalue weighted by Gasteiger charge is 2.33. The maximum absolute atomic E-state index is 12.8. The van der Waals surface area contributed by atoms with Crippen LogP contribution in [0.1, 0.15) is 23.8 Å². The highest BCUT2D eigenvalue weighted by Crippen LogP contribution is 2.34. The monoisotopic (exact) mass is 328 g/mol. The summed E-state index contributed by atoms with van der Waals surface area (Å²) in [5.41, 5.74) is -1.25. The second kappa shape index (κ2) is 7.19. The number of amides is 2. The number of nitrogens with one attached hydrogen (secondary N) is 2. The Balaban J connectivity index is 1.86. The number of halogens is 3. The van der Waals surface area contributed by atoms with Crippen LogP contribution in [0.4, 0.5) is 23.7 Å². The van der Waals surface area contributed by atoms with E-state index in [2.05, 4.69) is 10.6 Å². The third-order valence-electron chi connectivity index (χ3n) is 3.06. The van der Waals surface area contributed by atoms with Crippen molar-refractivity contribution in [3.8, 4) is 0 Å². The molecule has 23 heavy (non-hydrogen) atoms. The lowest BCUT2D eigenvalue weighted by molar-refractivity contribution is -0.136. The average molecular weight is 328 g/mol. The fourth-order valence-corrected chi connectivity index (χ4v) is 1.95. The summed E-state index contributed by atoms with van der Waals surface area (Å²) in [5, 5.41) is 14.3. The minimum absolute atomic E-state index is 0.0713. The third-order valence-corrected chi connectivity index (χ3v) is 3.06. The number of anilines is 1. The van der Waals surface area contributed by atoms with Crippen molar-refractivity contribution in [1.82, 2.24) is 5.32 Å². The Hall–Kier alpha value is -2.48. The smallest absolute Gasteiger partial charge is 0.418 e. The molecule has 1 atom stereocenters. The number of aliphatic hydroxyl groups excluding tert-OH is 1. The van der Waals surface area contributed by atoms with Gasteiger partial charge in [-0.2, -0.15) is 13.2 Å². The van der Waals surface area contributed by atoms with E-state index in [9.17, 15) is 23.1 Å². The van der Waals surface area contributed by atoms with Gasteiger partial charge in [-0.25, -0.2) is 4.79 Å². The normalized spacial score (nSPS) is 12.7. The van der Waals surface area contributed by atoms with E-state index in [1.165, 1.54) is 24.5 Å². The summed E-state index contributed by atoms with van der Waals surface area (Å²) in [7, 11) is 0. The second-order valence-corrected chi connectivity index (χ2v) is 4.74. The van der Waals surface area contributed by atoms with Crippen molar-refractivity contribution < 1.29 is 27.5 Å².